The highest BCUT2D eigenvalue weighted by atomic mass is 16.5. The Morgan fingerprint density at radius 3 is 2.36 bits per heavy atom. The van der Waals surface area contributed by atoms with Crippen molar-refractivity contribution in [3.63, 3.8) is 0 Å². The maximum absolute atomic E-state index is 5.68. The number of para-hydroxylation sites is 1. The Morgan fingerprint density at radius 1 is 1.00 bits per heavy atom. The average molecular weight is 340 g/mol. The van der Waals surface area contributed by atoms with Gasteiger partial charge in [-0.2, -0.15) is 0 Å². The molecule has 0 bridgehead atoms. The second kappa shape index (κ2) is 10.2. The van der Waals surface area contributed by atoms with Crippen molar-refractivity contribution in [2.45, 2.75) is 13.0 Å². The van der Waals surface area contributed by atoms with Crippen LogP contribution in [0, 0.1) is 0 Å². The summed E-state index contributed by atoms with van der Waals surface area (Å²) in [5.74, 6) is 1.71. The van der Waals surface area contributed by atoms with Gasteiger partial charge in [0.25, 0.3) is 0 Å². The fourth-order valence-electron chi connectivity index (χ4n) is 2.30. The first-order valence-corrected chi connectivity index (χ1v) is 8.57. The molecule has 2 N–H and O–H groups in total. The summed E-state index contributed by atoms with van der Waals surface area (Å²) in [7, 11) is 5.87. The van der Waals surface area contributed by atoms with Crippen molar-refractivity contribution in [2.75, 3.05) is 39.2 Å². The minimum absolute atomic E-state index is 0.681. The average Bonchev–Trinajstić information content (AvgIpc) is 2.65. The van der Waals surface area contributed by atoms with Crippen LogP contribution in [0.1, 0.15) is 12.0 Å². The highest BCUT2D eigenvalue weighted by Crippen LogP contribution is 2.12. The number of anilines is 1. The van der Waals surface area contributed by atoms with Gasteiger partial charge in [0.2, 0.25) is 0 Å². The molecule has 0 saturated carbocycles. The van der Waals surface area contributed by atoms with Gasteiger partial charge in [-0.05, 0) is 36.2 Å². The van der Waals surface area contributed by atoms with Crippen molar-refractivity contribution in [3.05, 3.63) is 60.2 Å². The van der Waals surface area contributed by atoms with Crippen molar-refractivity contribution < 1.29 is 4.74 Å². The summed E-state index contributed by atoms with van der Waals surface area (Å²) in [6, 6.07) is 18.4. The predicted molar refractivity (Wildman–Crippen MR) is 106 cm³/mol. The summed E-state index contributed by atoms with van der Waals surface area (Å²) in [5, 5.41) is 6.63. The topological polar surface area (TPSA) is 48.9 Å². The fourth-order valence-corrected chi connectivity index (χ4v) is 2.30. The number of ether oxygens (including phenoxy) is 1. The number of benzene rings is 2. The van der Waals surface area contributed by atoms with E-state index in [-0.39, 0.29) is 0 Å². The van der Waals surface area contributed by atoms with Crippen molar-refractivity contribution >= 4 is 11.6 Å². The highest BCUT2D eigenvalue weighted by molar-refractivity contribution is 5.79. The summed E-state index contributed by atoms with van der Waals surface area (Å²) >= 11 is 0. The third-order valence-electron chi connectivity index (χ3n) is 3.76. The molecule has 2 aromatic rings. The maximum Gasteiger partial charge on any atom is 0.191 e. The normalized spacial score (nSPS) is 11.1. The fraction of sp³-hybridized carbons (Fsp3) is 0.350. The molecule has 0 atom stereocenters. The molecule has 5 nitrogen and oxygen atoms in total. The standard InChI is InChI=1S/C20H28N4O/c1-21-20(22-14-7-15-25-19-8-5-4-6-9-19)23-16-17-10-12-18(13-11-17)24(2)3/h4-6,8-13H,7,14-16H2,1-3H3,(H2,21,22,23). The summed E-state index contributed by atoms with van der Waals surface area (Å²) in [6.07, 6.45) is 0.910. The van der Waals surface area contributed by atoms with Crippen molar-refractivity contribution in [1.82, 2.24) is 10.6 Å². The Hall–Kier alpha value is -2.69. The van der Waals surface area contributed by atoms with Gasteiger partial charge in [-0.3, -0.25) is 4.99 Å². The molecule has 134 valence electrons. The van der Waals surface area contributed by atoms with Gasteiger partial charge in [-0.1, -0.05) is 30.3 Å². The third-order valence-corrected chi connectivity index (χ3v) is 3.76. The molecule has 0 aliphatic carbocycles. The van der Waals surface area contributed by atoms with Gasteiger partial charge in [0.1, 0.15) is 5.75 Å². The molecule has 0 fully saturated rings. The van der Waals surface area contributed by atoms with E-state index in [1.807, 2.05) is 44.4 Å². The molecule has 0 aromatic heterocycles. The van der Waals surface area contributed by atoms with Crippen LogP contribution in [-0.2, 0) is 6.54 Å². The van der Waals surface area contributed by atoms with Gasteiger partial charge in [0.05, 0.1) is 6.61 Å². The van der Waals surface area contributed by atoms with Gasteiger partial charge in [0.15, 0.2) is 5.96 Å². The quantitative estimate of drug-likeness (QED) is 0.441. The zero-order valence-corrected chi connectivity index (χ0v) is 15.3. The number of nitrogens with zero attached hydrogens (tertiary/aromatic N) is 2. The Balaban J connectivity index is 1.65. The Kier molecular flexibility index (Phi) is 7.63. The monoisotopic (exact) mass is 340 g/mol. The molecule has 0 aliphatic rings. The molecule has 0 amide bonds. The van der Waals surface area contributed by atoms with Crippen LogP contribution >= 0.6 is 0 Å². The van der Waals surface area contributed by atoms with Crippen LogP contribution in [0.25, 0.3) is 0 Å². The first-order valence-electron chi connectivity index (χ1n) is 8.57. The van der Waals surface area contributed by atoms with Crippen LogP contribution in [0.3, 0.4) is 0 Å². The lowest BCUT2D eigenvalue weighted by atomic mass is 10.2. The first kappa shape index (κ1) is 18.6. The third kappa shape index (κ3) is 6.75. The molecule has 2 rings (SSSR count). The Morgan fingerprint density at radius 2 is 1.72 bits per heavy atom. The number of rotatable bonds is 8. The predicted octanol–water partition coefficient (Wildman–Crippen LogP) is 2.89. The minimum Gasteiger partial charge on any atom is -0.494 e. The second-order valence-electron chi connectivity index (χ2n) is 5.93. The molecule has 2 aromatic carbocycles. The summed E-state index contributed by atoms with van der Waals surface area (Å²) in [5.41, 5.74) is 2.42. The highest BCUT2D eigenvalue weighted by Gasteiger charge is 2.00. The van der Waals surface area contributed by atoms with Gasteiger partial charge in [-0.15, -0.1) is 0 Å². The molecule has 0 aliphatic heterocycles. The van der Waals surface area contributed by atoms with Crippen LogP contribution < -0.4 is 20.3 Å². The number of nitrogens with one attached hydrogen (secondary N) is 2. The van der Waals surface area contributed by atoms with Crippen LogP contribution in [0.4, 0.5) is 5.69 Å². The van der Waals surface area contributed by atoms with E-state index < -0.39 is 0 Å². The minimum atomic E-state index is 0.681. The van der Waals surface area contributed by atoms with Gasteiger partial charge in [0, 0.05) is 39.9 Å². The number of hydrogen-bond acceptors (Lipinski definition) is 3. The summed E-state index contributed by atoms with van der Waals surface area (Å²) < 4.78 is 5.68. The van der Waals surface area contributed by atoms with Crippen LogP contribution in [0.5, 0.6) is 5.75 Å². The van der Waals surface area contributed by atoms with Gasteiger partial charge in [-0.25, -0.2) is 0 Å². The molecular formula is C20H28N4O. The second-order valence-corrected chi connectivity index (χ2v) is 5.93. The summed E-state index contributed by atoms with van der Waals surface area (Å²) in [6.45, 7) is 2.24. The molecule has 0 heterocycles. The van der Waals surface area contributed by atoms with E-state index in [1.165, 1.54) is 11.3 Å². The molecule has 0 spiro atoms. The summed E-state index contributed by atoms with van der Waals surface area (Å²) in [4.78, 5) is 6.34. The van der Waals surface area contributed by atoms with Crippen molar-refractivity contribution in [3.8, 4) is 5.75 Å². The van der Waals surface area contributed by atoms with Crippen LogP contribution in [-0.4, -0.2) is 40.3 Å². The van der Waals surface area contributed by atoms with Gasteiger partial charge < -0.3 is 20.3 Å². The molecule has 0 unspecified atom stereocenters. The van der Waals surface area contributed by atoms with E-state index in [0.717, 1.165) is 31.2 Å². The van der Waals surface area contributed by atoms with Crippen molar-refractivity contribution in [1.29, 1.82) is 0 Å². The molecule has 0 radical (unpaired) electrons. The van der Waals surface area contributed by atoms with Crippen LogP contribution in [0.15, 0.2) is 59.6 Å². The van der Waals surface area contributed by atoms with E-state index in [2.05, 4.69) is 44.8 Å². The van der Waals surface area contributed by atoms with Gasteiger partial charge >= 0.3 is 0 Å². The first-order chi connectivity index (χ1) is 12.2. The molecule has 5 heteroatoms. The van der Waals surface area contributed by atoms with Crippen molar-refractivity contribution in [2.24, 2.45) is 4.99 Å². The Bertz CT molecular complexity index is 639. The van der Waals surface area contributed by atoms with E-state index in [9.17, 15) is 0 Å². The lowest BCUT2D eigenvalue weighted by Crippen LogP contribution is -2.37. The smallest absolute Gasteiger partial charge is 0.191 e. The lowest BCUT2D eigenvalue weighted by Gasteiger charge is -2.14. The zero-order valence-electron chi connectivity index (χ0n) is 15.3. The lowest BCUT2D eigenvalue weighted by molar-refractivity contribution is 0.311. The van der Waals surface area contributed by atoms with E-state index in [1.54, 1.807) is 7.05 Å². The Labute approximate surface area is 150 Å². The molecular weight excluding hydrogens is 312 g/mol. The van der Waals surface area contributed by atoms with Crippen LogP contribution in [0.2, 0.25) is 0 Å². The molecule has 0 saturated heterocycles. The van der Waals surface area contributed by atoms with E-state index in [0.29, 0.717) is 6.61 Å². The maximum atomic E-state index is 5.68. The number of hydrogen-bond donors (Lipinski definition) is 2. The number of guanidine groups is 1. The molecule has 25 heavy (non-hydrogen) atoms. The zero-order chi connectivity index (χ0) is 17.9. The number of aliphatic imine (C=N–C) groups is 1. The SMILES string of the molecule is CN=C(NCCCOc1ccccc1)NCc1ccc(N(C)C)cc1. The van der Waals surface area contributed by atoms with E-state index >= 15 is 0 Å². The van der Waals surface area contributed by atoms with E-state index in [4.69, 9.17) is 4.74 Å². The largest absolute Gasteiger partial charge is 0.494 e.